The number of hydrogen-bond donors (Lipinski definition) is 3. The first-order valence-electron chi connectivity index (χ1n) is 28.6. The van der Waals surface area contributed by atoms with Crippen molar-refractivity contribution >= 4 is 177 Å². The molecule has 0 fully saturated rings. The van der Waals surface area contributed by atoms with Crippen LogP contribution in [-0.4, -0.2) is 121 Å². The number of hydrogen-bond acceptors (Lipinski definition) is 16. The van der Waals surface area contributed by atoms with E-state index in [9.17, 15) is 73.2 Å². The summed E-state index contributed by atoms with van der Waals surface area (Å²) >= 11 is 24.4. The fourth-order valence-electron chi connectivity index (χ4n) is 9.06. The molecule has 0 amide bonds. The van der Waals surface area contributed by atoms with Crippen molar-refractivity contribution in [3.63, 3.8) is 0 Å². The maximum atomic E-state index is 12.3. The van der Waals surface area contributed by atoms with Crippen molar-refractivity contribution in [2.45, 2.75) is 45.5 Å². The molecule has 0 saturated carbocycles. The molecule has 18 nitrogen and oxygen atoms in total. The van der Waals surface area contributed by atoms with Gasteiger partial charge in [-0.15, -0.1) is 0 Å². The average Bonchev–Trinajstić information content (AvgIpc) is 0.788. The van der Waals surface area contributed by atoms with Gasteiger partial charge in [-0.2, -0.15) is 74.7 Å². The molecule has 11 rings (SSSR count). The summed E-state index contributed by atoms with van der Waals surface area (Å²) in [6.07, 6.45) is -13.9. The van der Waals surface area contributed by atoms with Gasteiger partial charge in [0.2, 0.25) is 0 Å². The van der Waals surface area contributed by atoms with Gasteiger partial charge in [0.15, 0.2) is 19.0 Å². The first-order valence-corrected chi connectivity index (χ1v) is 37.9. The largest absolute Gasteiger partial charge is 0.569 e. The highest BCUT2D eigenvalue weighted by Crippen LogP contribution is 2.40. The Morgan fingerprint density at radius 1 is 0.421 bits per heavy atom. The zero-order chi connectivity index (χ0) is 77.3. The van der Waals surface area contributed by atoms with Crippen molar-refractivity contribution in [1.82, 2.24) is 0 Å². The lowest BCUT2D eigenvalue weighted by molar-refractivity contribution is -0.159. The molecule has 1 unspecified atom stereocenters. The number of fused-ring (bicyclic) bond motifs is 4. The van der Waals surface area contributed by atoms with E-state index in [2.05, 4.69) is 40.2 Å². The Bertz CT molecular complexity index is 5360. The van der Waals surface area contributed by atoms with Gasteiger partial charge in [0.05, 0.1) is 40.9 Å². The molecule has 5 N–H and O–H groups in total. The van der Waals surface area contributed by atoms with Gasteiger partial charge in [-0.1, -0.05) is 159 Å². The van der Waals surface area contributed by atoms with Crippen LogP contribution < -0.4 is 18.9 Å². The van der Waals surface area contributed by atoms with Gasteiger partial charge in [0.25, 0.3) is 39.4 Å². The molecule has 107 heavy (non-hydrogen) atoms. The smallest absolute Gasteiger partial charge is 0.535 e. The molecule has 0 aliphatic heterocycles. The van der Waals surface area contributed by atoms with Gasteiger partial charge in [0.1, 0.15) is 23.9 Å². The molecular weight excluding hydrogens is 1750 g/mol. The van der Waals surface area contributed by atoms with Crippen molar-refractivity contribution in [2.24, 2.45) is 0 Å². The van der Waals surface area contributed by atoms with Crippen LogP contribution in [0.4, 0.5) is 39.5 Å². The van der Waals surface area contributed by atoms with Crippen molar-refractivity contribution in [3.8, 4) is 45.3 Å². The molecule has 0 aliphatic rings. The van der Waals surface area contributed by atoms with Crippen molar-refractivity contribution in [2.75, 3.05) is 41.2 Å². The second kappa shape index (κ2) is 40.8. The van der Waals surface area contributed by atoms with Gasteiger partial charge >= 0.3 is 26.2 Å². The van der Waals surface area contributed by atoms with Crippen LogP contribution in [0, 0.1) is 0 Å². The summed E-state index contributed by atoms with van der Waals surface area (Å²) in [6.45, 7) is -5.45. The Hall–Kier alpha value is -6.80. The van der Waals surface area contributed by atoms with Crippen LogP contribution in [-0.2, 0) is 47.8 Å². The van der Waals surface area contributed by atoms with Crippen molar-refractivity contribution in [1.29, 1.82) is 0 Å². The molecule has 1 radical (unpaired) electrons. The number of aliphatic hydroxyl groups excluding tert-OH is 1. The van der Waals surface area contributed by atoms with Crippen molar-refractivity contribution in [3.05, 3.63) is 224 Å². The van der Waals surface area contributed by atoms with E-state index in [1.165, 1.54) is 68.8 Å². The van der Waals surface area contributed by atoms with E-state index in [-0.39, 0.29) is 42.4 Å². The molecule has 577 valence electrons. The van der Waals surface area contributed by atoms with E-state index in [0.29, 0.717) is 61.9 Å². The van der Waals surface area contributed by atoms with Crippen LogP contribution in [0.2, 0.25) is 15.1 Å². The zero-order valence-electron chi connectivity index (χ0n) is 54.3. The minimum atomic E-state index is -4.75. The minimum absolute atomic E-state index is 0. The van der Waals surface area contributed by atoms with Crippen LogP contribution in [0.15, 0.2) is 229 Å². The molecule has 39 heteroatoms. The van der Waals surface area contributed by atoms with E-state index >= 15 is 0 Å². The van der Waals surface area contributed by atoms with E-state index in [4.69, 9.17) is 79.0 Å². The fourth-order valence-corrected chi connectivity index (χ4v) is 13.7. The van der Waals surface area contributed by atoms with E-state index in [1.807, 2.05) is 36.4 Å². The molecule has 0 aromatic heterocycles. The summed E-state index contributed by atoms with van der Waals surface area (Å²) in [4.78, 5) is -0.684. The average molecular weight is 1810 g/mol. The summed E-state index contributed by atoms with van der Waals surface area (Å²) in [5.41, 5.74) is 3.30. The predicted molar refractivity (Wildman–Crippen MR) is 408 cm³/mol. The third kappa shape index (κ3) is 28.2. The van der Waals surface area contributed by atoms with Crippen LogP contribution in [0.25, 0.3) is 65.3 Å². The fraction of sp³-hybridized carbons (Fsp3) is 0.147. The van der Waals surface area contributed by atoms with E-state index in [0.717, 1.165) is 58.1 Å². The third-order valence-electron chi connectivity index (χ3n) is 13.6. The van der Waals surface area contributed by atoms with Crippen LogP contribution in [0.5, 0.6) is 23.0 Å². The summed E-state index contributed by atoms with van der Waals surface area (Å²) in [7, 11) is -6.27. The lowest BCUT2D eigenvalue weighted by Crippen LogP contribution is -2.20. The normalized spacial score (nSPS) is 11.5. The first kappa shape index (κ1) is 94.4. The maximum Gasteiger partial charge on any atom is 0.569 e. The molecule has 1 atom stereocenters. The van der Waals surface area contributed by atoms with Gasteiger partial charge in [-0.05, 0) is 163 Å². The molecule has 0 saturated heterocycles. The highest BCUT2D eigenvalue weighted by atomic mass is 79.9. The number of alkyl halides is 9. The summed E-state index contributed by atoms with van der Waals surface area (Å²) < 4.78 is 236. The first-order chi connectivity index (χ1) is 48.5. The monoisotopic (exact) mass is 1800 g/mol. The topological polar surface area (TPSA) is 284 Å². The summed E-state index contributed by atoms with van der Waals surface area (Å²) in [6, 6.07) is 54.0. The van der Waals surface area contributed by atoms with Crippen LogP contribution >= 0.6 is 87.2 Å². The minimum Gasteiger partial charge on any atom is -0.535 e. The van der Waals surface area contributed by atoms with Gasteiger partial charge in [-0.25, -0.2) is 8.42 Å². The van der Waals surface area contributed by atoms with Gasteiger partial charge < -0.3 is 34.5 Å². The standard InChI is InChI=1S/C19H14ClF3O4S.C17H12Cl2O3S.C12H8BrF3O3S.C10H7BrO3S.C7H7BClO3.C2H3F3O.CH4.H2O.H3P/c1-26-18-10-13(20)5-7-17(18)16-4-2-3-12-9-14(6-8-15(12)16)28(24,25)27-11-19(21,22)23;1-22-17-10-12(18)5-7-16(17)15-4-2-3-11-9-13(23(19,20)21)6-8-14(11)15;13-11-3-1-2-8-6-9(4-5-10(8)11)20(17,18)19-7-12(14,15)16;11-10-3-1-2-7-6-8(15(12,13)14)4-5-9(7)10;1-11-7-4-5(9)2-3-6(7)12-8-10;3-2(4,5)1-6;;;/h2-10H,11H2,1H3;2-10H,1H3;1-6H,7H2;1-6H,(H,12,13,14);2-4,10H,1H3;6H,1H2;1H4;1H2;1H3. The van der Waals surface area contributed by atoms with Gasteiger partial charge in [0, 0.05) is 51.9 Å². The quantitative estimate of drug-likeness (QED) is 0.0215. The molecular formula is C68H60BBr2Cl4F9O18PS4. The second-order valence-corrected chi connectivity index (χ2v) is 30.9. The Morgan fingerprint density at radius 3 is 1.08 bits per heavy atom. The van der Waals surface area contributed by atoms with Crippen LogP contribution in [0.1, 0.15) is 7.43 Å². The zero-order valence-corrected chi connectivity index (χ0v) is 65.2. The Labute approximate surface area is 649 Å². The molecule has 11 aromatic rings. The number of aliphatic hydroxyl groups is 1. The highest BCUT2D eigenvalue weighted by Gasteiger charge is 2.33. The van der Waals surface area contributed by atoms with Crippen LogP contribution in [0.3, 0.4) is 0 Å². The molecule has 0 aliphatic carbocycles. The molecule has 0 bridgehead atoms. The number of ether oxygens (including phenoxy) is 3. The SMILES string of the molecule is C.COc1cc(Cl)ccc1-c1cccc2cc(S(=O)(=O)Cl)ccc12.COc1cc(Cl)ccc1-c1cccc2cc(S(=O)(=O)OCC(F)(F)F)ccc12.COc1cc(Cl)ccc1O[B]O.O.O=S(=O)(O)c1ccc2c(Br)cccc2c1.O=S(=O)(OCC(F)(F)F)c1ccc2c(Br)cccc2c1.OCC(F)(F)F.P. The number of rotatable bonds is 15. The summed E-state index contributed by atoms with van der Waals surface area (Å²) in [5.74, 6) is 2.08. The lowest BCUT2D eigenvalue weighted by Gasteiger charge is -2.13. The number of methoxy groups -OCH3 is 3. The second-order valence-electron chi connectivity index (χ2n) is 20.7. The Kier molecular flexibility index (Phi) is 36.0. The molecule has 0 spiro atoms. The van der Waals surface area contributed by atoms with Crippen molar-refractivity contribution < 1.29 is 121 Å². The maximum absolute atomic E-state index is 12.3. The molecule has 0 heterocycles. The van der Waals surface area contributed by atoms with E-state index in [1.54, 1.807) is 116 Å². The number of benzene rings is 11. The predicted octanol–water partition coefficient (Wildman–Crippen LogP) is 18.9. The Balaban J connectivity index is 0.000000346. The van der Waals surface area contributed by atoms with E-state index < -0.39 is 77.8 Å². The van der Waals surface area contributed by atoms with Gasteiger partial charge in [-0.3, -0.25) is 12.9 Å². The lowest BCUT2D eigenvalue weighted by atomic mass is 9.97. The molecule has 11 aromatic carbocycles. The summed E-state index contributed by atoms with van der Waals surface area (Å²) in [5, 5.41) is 23.2. The Morgan fingerprint density at radius 2 is 0.738 bits per heavy atom. The third-order valence-corrected chi connectivity index (χ3v) is 20.4. The number of halogens is 15. The highest BCUT2D eigenvalue weighted by molar-refractivity contribution is 9.11.